The number of ether oxygens (including phenoxy) is 2. The molecule has 0 heterocycles. The smallest absolute Gasteiger partial charge is 0.180 e. The molecule has 0 saturated heterocycles. The molecule has 128 valence electrons. The van der Waals surface area contributed by atoms with Crippen molar-refractivity contribution in [2.24, 2.45) is 0 Å². The van der Waals surface area contributed by atoms with E-state index in [-0.39, 0.29) is 0 Å². The highest BCUT2D eigenvalue weighted by atomic mass is 35.5. The lowest BCUT2D eigenvalue weighted by molar-refractivity contribution is 0.326. The van der Waals surface area contributed by atoms with Crippen LogP contribution >= 0.6 is 23.2 Å². The van der Waals surface area contributed by atoms with E-state index in [1.165, 1.54) is 5.56 Å². The Hall–Kier alpha value is -1.68. The van der Waals surface area contributed by atoms with Crippen molar-refractivity contribution in [3.63, 3.8) is 0 Å². The van der Waals surface area contributed by atoms with E-state index in [4.69, 9.17) is 32.7 Å². The Kier molecular flexibility index (Phi) is 7.44. The third-order valence-electron chi connectivity index (χ3n) is 3.47. The molecule has 0 bridgehead atoms. The Labute approximate surface area is 153 Å². The highest BCUT2D eigenvalue weighted by Crippen LogP contribution is 2.36. The Morgan fingerprint density at radius 2 is 1.88 bits per heavy atom. The van der Waals surface area contributed by atoms with Crippen LogP contribution in [0.5, 0.6) is 11.5 Å². The zero-order valence-corrected chi connectivity index (χ0v) is 15.2. The molecular weight excluding hydrogens is 345 g/mol. The average Bonchev–Trinajstić information content (AvgIpc) is 2.59. The quantitative estimate of drug-likeness (QED) is 0.506. The van der Waals surface area contributed by atoms with Gasteiger partial charge in [-0.05, 0) is 48.4 Å². The van der Waals surface area contributed by atoms with Gasteiger partial charge in [0.1, 0.15) is 6.61 Å². The van der Waals surface area contributed by atoms with Crippen molar-refractivity contribution in [2.45, 2.75) is 13.0 Å². The SMILES string of the molecule is C=CCOc1c(Cl)cc(CNCCc2ccc(Cl)cc2)cc1OC. The normalized spacial score (nSPS) is 10.5. The van der Waals surface area contributed by atoms with Gasteiger partial charge in [-0.15, -0.1) is 0 Å². The predicted octanol–water partition coefficient (Wildman–Crippen LogP) is 4.90. The maximum Gasteiger partial charge on any atom is 0.180 e. The molecule has 2 aromatic carbocycles. The molecule has 0 aromatic heterocycles. The fraction of sp³-hybridized carbons (Fsp3) is 0.263. The van der Waals surface area contributed by atoms with Gasteiger partial charge in [-0.2, -0.15) is 0 Å². The van der Waals surface area contributed by atoms with Crippen molar-refractivity contribution >= 4 is 23.2 Å². The summed E-state index contributed by atoms with van der Waals surface area (Å²) in [6.45, 7) is 5.57. The highest BCUT2D eigenvalue weighted by Gasteiger charge is 2.11. The predicted molar refractivity (Wildman–Crippen MR) is 101 cm³/mol. The van der Waals surface area contributed by atoms with Crippen LogP contribution in [0.15, 0.2) is 49.1 Å². The molecule has 0 aliphatic rings. The molecule has 3 nitrogen and oxygen atoms in total. The van der Waals surface area contributed by atoms with Gasteiger partial charge in [-0.1, -0.05) is 48.0 Å². The van der Waals surface area contributed by atoms with Crippen molar-refractivity contribution in [3.05, 3.63) is 70.2 Å². The Bertz CT molecular complexity index is 672. The van der Waals surface area contributed by atoms with Gasteiger partial charge in [0.2, 0.25) is 0 Å². The molecule has 2 aromatic rings. The van der Waals surface area contributed by atoms with Gasteiger partial charge in [-0.3, -0.25) is 0 Å². The molecule has 0 atom stereocenters. The molecule has 0 spiro atoms. The van der Waals surface area contributed by atoms with Crippen LogP contribution in [0.25, 0.3) is 0 Å². The maximum absolute atomic E-state index is 6.29. The van der Waals surface area contributed by atoms with Crippen LogP contribution in [0.4, 0.5) is 0 Å². The van der Waals surface area contributed by atoms with Crippen molar-refractivity contribution in [1.29, 1.82) is 0 Å². The second-order valence-electron chi connectivity index (χ2n) is 5.26. The van der Waals surface area contributed by atoms with Crippen LogP contribution in [0.1, 0.15) is 11.1 Å². The van der Waals surface area contributed by atoms with Crippen LogP contribution in [-0.2, 0) is 13.0 Å². The lowest BCUT2D eigenvalue weighted by Crippen LogP contribution is -2.16. The summed E-state index contributed by atoms with van der Waals surface area (Å²) in [5, 5.41) is 4.69. The summed E-state index contributed by atoms with van der Waals surface area (Å²) in [5.41, 5.74) is 2.29. The number of rotatable bonds is 9. The molecule has 0 aliphatic heterocycles. The van der Waals surface area contributed by atoms with Gasteiger partial charge >= 0.3 is 0 Å². The summed E-state index contributed by atoms with van der Waals surface area (Å²) < 4.78 is 10.9. The minimum absolute atomic E-state index is 0.384. The van der Waals surface area contributed by atoms with E-state index in [1.54, 1.807) is 13.2 Å². The average molecular weight is 366 g/mol. The minimum Gasteiger partial charge on any atom is -0.493 e. The van der Waals surface area contributed by atoms with E-state index >= 15 is 0 Å². The number of methoxy groups -OCH3 is 1. The summed E-state index contributed by atoms with van der Waals surface area (Å²) in [6.07, 6.45) is 2.60. The second-order valence-corrected chi connectivity index (χ2v) is 6.11. The lowest BCUT2D eigenvalue weighted by atomic mass is 10.1. The van der Waals surface area contributed by atoms with Crippen LogP contribution < -0.4 is 14.8 Å². The van der Waals surface area contributed by atoms with Crippen LogP contribution in [0.3, 0.4) is 0 Å². The van der Waals surface area contributed by atoms with Gasteiger partial charge < -0.3 is 14.8 Å². The van der Waals surface area contributed by atoms with Gasteiger partial charge in [-0.25, -0.2) is 0 Å². The second kappa shape index (κ2) is 9.58. The van der Waals surface area contributed by atoms with Crippen molar-refractivity contribution in [1.82, 2.24) is 5.32 Å². The van der Waals surface area contributed by atoms with Crippen LogP contribution in [0, 0.1) is 0 Å². The number of halogens is 2. The standard InChI is InChI=1S/C19H21Cl2NO2/c1-3-10-24-19-17(21)11-15(12-18(19)23-2)13-22-9-8-14-4-6-16(20)7-5-14/h3-7,11-12,22H,1,8-10,13H2,2H3. The Morgan fingerprint density at radius 3 is 2.54 bits per heavy atom. The lowest BCUT2D eigenvalue weighted by Gasteiger charge is -2.13. The summed E-state index contributed by atoms with van der Waals surface area (Å²) in [7, 11) is 1.60. The largest absolute Gasteiger partial charge is 0.493 e. The molecule has 0 fully saturated rings. The Morgan fingerprint density at radius 1 is 1.12 bits per heavy atom. The van der Waals surface area contributed by atoms with E-state index in [1.807, 2.05) is 36.4 Å². The summed E-state index contributed by atoms with van der Waals surface area (Å²) >= 11 is 12.2. The van der Waals surface area contributed by atoms with Crippen molar-refractivity contribution in [3.8, 4) is 11.5 Å². The number of benzene rings is 2. The zero-order chi connectivity index (χ0) is 17.4. The molecule has 24 heavy (non-hydrogen) atoms. The van der Waals surface area contributed by atoms with Crippen LogP contribution in [-0.4, -0.2) is 20.3 Å². The first-order valence-corrected chi connectivity index (χ1v) is 8.45. The molecule has 0 aliphatic carbocycles. The summed E-state index contributed by atoms with van der Waals surface area (Å²) in [6, 6.07) is 11.7. The molecule has 0 unspecified atom stereocenters. The highest BCUT2D eigenvalue weighted by molar-refractivity contribution is 6.32. The van der Waals surface area contributed by atoms with Gasteiger partial charge in [0.05, 0.1) is 12.1 Å². The summed E-state index contributed by atoms with van der Waals surface area (Å²) in [4.78, 5) is 0. The molecule has 0 amide bonds. The topological polar surface area (TPSA) is 30.5 Å². The first kappa shape index (κ1) is 18.7. The number of hydrogen-bond donors (Lipinski definition) is 1. The minimum atomic E-state index is 0.384. The fourth-order valence-corrected chi connectivity index (χ4v) is 2.69. The maximum atomic E-state index is 6.29. The van der Waals surface area contributed by atoms with Gasteiger partial charge in [0, 0.05) is 11.6 Å². The monoisotopic (exact) mass is 365 g/mol. The van der Waals surface area contributed by atoms with Crippen LogP contribution in [0.2, 0.25) is 10.0 Å². The molecule has 0 radical (unpaired) electrons. The van der Waals surface area contributed by atoms with E-state index < -0.39 is 0 Å². The third kappa shape index (κ3) is 5.45. The zero-order valence-electron chi connectivity index (χ0n) is 13.6. The number of hydrogen-bond acceptors (Lipinski definition) is 3. The third-order valence-corrected chi connectivity index (χ3v) is 4.00. The molecular formula is C19H21Cl2NO2. The van der Waals surface area contributed by atoms with E-state index in [9.17, 15) is 0 Å². The molecule has 0 saturated carbocycles. The van der Waals surface area contributed by atoms with Crippen molar-refractivity contribution < 1.29 is 9.47 Å². The number of nitrogens with one attached hydrogen (secondary N) is 1. The molecule has 5 heteroatoms. The van der Waals surface area contributed by atoms with E-state index in [0.717, 1.165) is 23.6 Å². The van der Waals surface area contributed by atoms with Gasteiger partial charge in [0.15, 0.2) is 11.5 Å². The van der Waals surface area contributed by atoms with Gasteiger partial charge in [0.25, 0.3) is 0 Å². The Balaban J connectivity index is 1.91. The first-order chi connectivity index (χ1) is 11.6. The molecule has 2 rings (SSSR count). The van der Waals surface area contributed by atoms with E-state index in [0.29, 0.717) is 29.7 Å². The fourth-order valence-electron chi connectivity index (χ4n) is 2.27. The summed E-state index contributed by atoms with van der Waals surface area (Å²) in [5.74, 6) is 1.17. The van der Waals surface area contributed by atoms with E-state index in [2.05, 4.69) is 11.9 Å². The first-order valence-electron chi connectivity index (χ1n) is 7.69. The molecule has 1 N–H and O–H groups in total. The van der Waals surface area contributed by atoms with Crippen molar-refractivity contribution in [2.75, 3.05) is 20.3 Å².